The third-order valence-electron chi connectivity index (χ3n) is 4.28. The van der Waals surface area contributed by atoms with E-state index in [9.17, 15) is 13.2 Å². The molecule has 0 aromatic heterocycles. The highest BCUT2D eigenvalue weighted by Crippen LogP contribution is 2.49. The van der Waals surface area contributed by atoms with Crippen molar-refractivity contribution in [1.82, 2.24) is 0 Å². The highest BCUT2D eigenvalue weighted by molar-refractivity contribution is 6.30. The number of hydrogen-bond donors (Lipinski definition) is 0. The molecule has 3 rings (SSSR count). The number of rotatable bonds is 4. The molecule has 0 bridgehead atoms. The van der Waals surface area contributed by atoms with Gasteiger partial charge in [-0.25, -0.2) is 0 Å². The van der Waals surface area contributed by atoms with Gasteiger partial charge in [0.1, 0.15) is 0 Å². The van der Waals surface area contributed by atoms with E-state index >= 15 is 0 Å². The third kappa shape index (κ3) is 3.44. The summed E-state index contributed by atoms with van der Waals surface area (Å²) in [6.45, 7) is 1.95. The summed E-state index contributed by atoms with van der Waals surface area (Å²) in [6, 6.07) is 11.2. The Hall–Kier alpha value is -2.05. The summed E-state index contributed by atoms with van der Waals surface area (Å²) in [4.78, 5) is 5.07. The number of halogens is 4. The molecule has 0 amide bonds. The van der Waals surface area contributed by atoms with E-state index in [1.165, 1.54) is 19.2 Å². The molecule has 2 aromatic carbocycles. The predicted molar refractivity (Wildman–Crippen MR) is 93.3 cm³/mol. The molecule has 0 saturated heterocycles. The number of oxime groups is 1. The van der Waals surface area contributed by atoms with E-state index in [-0.39, 0.29) is 17.9 Å². The average Bonchev–Trinajstić information content (AvgIpc) is 3.02. The van der Waals surface area contributed by atoms with Crippen molar-refractivity contribution in [3.63, 3.8) is 0 Å². The molecule has 26 heavy (non-hydrogen) atoms. The molecule has 1 heterocycles. The van der Waals surface area contributed by atoms with Gasteiger partial charge in [0, 0.05) is 24.1 Å². The van der Waals surface area contributed by atoms with E-state index in [1.807, 2.05) is 0 Å². The number of alkyl halides is 3. The maximum absolute atomic E-state index is 14.1. The van der Waals surface area contributed by atoms with E-state index in [0.29, 0.717) is 21.7 Å². The molecule has 7 heteroatoms. The highest BCUT2D eigenvalue weighted by Gasteiger charge is 2.62. The second-order valence-corrected chi connectivity index (χ2v) is 6.71. The van der Waals surface area contributed by atoms with Crippen LogP contribution in [0.1, 0.15) is 28.7 Å². The van der Waals surface area contributed by atoms with E-state index in [0.717, 1.165) is 0 Å². The van der Waals surface area contributed by atoms with Gasteiger partial charge in [-0.05, 0) is 36.2 Å². The molecule has 1 atom stereocenters. The average molecular weight is 384 g/mol. The Morgan fingerprint density at radius 1 is 1.19 bits per heavy atom. The summed E-state index contributed by atoms with van der Waals surface area (Å²) in [7, 11) is 1.50. The molecule has 0 radical (unpaired) electrons. The lowest BCUT2D eigenvalue weighted by atomic mass is 9.85. The van der Waals surface area contributed by atoms with Gasteiger partial charge in [0.15, 0.2) is 0 Å². The molecule has 1 unspecified atom stereocenters. The minimum absolute atomic E-state index is 0.0183. The Balaban J connectivity index is 2.02. The SMILES string of the molecule is COCc1cc(C)cc(C2(C(F)(F)F)CC(c3ccc(Cl)cc3)=NO2)c1. The summed E-state index contributed by atoms with van der Waals surface area (Å²) in [5.74, 6) is 0. The van der Waals surface area contributed by atoms with Crippen LogP contribution < -0.4 is 0 Å². The van der Waals surface area contributed by atoms with Crippen LogP contribution in [0.3, 0.4) is 0 Å². The fourth-order valence-electron chi connectivity index (χ4n) is 3.05. The van der Waals surface area contributed by atoms with Crippen molar-refractivity contribution < 1.29 is 22.7 Å². The second-order valence-electron chi connectivity index (χ2n) is 6.28. The van der Waals surface area contributed by atoms with Crippen LogP contribution in [0.4, 0.5) is 13.2 Å². The number of nitrogens with zero attached hydrogens (tertiary/aromatic N) is 1. The minimum atomic E-state index is -4.64. The van der Waals surface area contributed by atoms with Crippen LogP contribution in [0, 0.1) is 6.92 Å². The van der Waals surface area contributed by atoms with Crippen LogP contribution in [-0.2, 0) is 21.8 Å². The van der Waals surface area contributed by atoms with Gasteiger partial charge in [-0.3, -0.25) is 0 Å². The predicted octanol–water partition coefficient (Wildman–Crippen LogP) is 5.38. The van der Waals surface area contributed by atoms with Crippen molar-refractivity contribution in [2.75, 3.05) is 7.11 Å². The van der Waals surface area contributed by atoms with Gasteiger partial charge in [0.2, 0.25) is 0 Å². The molecule has 1 aliphatic heterocycles. The maximum Gasteiger partial charge on any atom is 0.435 e. The minimum Gasteiger partial charge on any atom is -0.380 e. The fraction of sp³-hybridized carbons (Fsp3) is 0.316. The van der Waals surface area contributed by atoms with Crippen LogP contribution in [0.2, 0.25) is 5.02 Å². The van der Waals surface area contributed by atoms with Crippen LogP contribution in [0.25, 0.3) is 0 Å². The highest BCUT2D eigenvalue weighted by atomic mass is 35.5. The molecule has 0 N–H and O–H groups in total. The lowest BCUT2D eigenvalue weighted by Crippen LogP contribution is -2.42. The van der Waals surface area contributed by atoms with E-state index in [1.54, 1.807) is 37.3 Å². The number of hydrogen-bond acceptors (Lipinski definition) is 3. The topological polar surface area (TPSA) is 30.8 Å². The Labute approximate surface area is 154 Å². The van der Waals surface area contributed by atoms with E-state index < -0.39 is 18.2 Å². The summed E-state index contributed by atoms with van der Waals surface area (Å²) in [5, 5.41) is 4.26. The zero-order valence-corrected chi connectivity index (χ0v) is 15.0. The van der Waals surface area contributed by atoms with Crippen molar-refractivity contribution in [2.45, 2.75) is 31.7 Å². The van der Waals surface area contributed by atoms with E-state index in [4.69, 9.17) is 21.2 Å². The molecular weight excluding hydrogens is 367 g/mol. The maximum atomic E-state index is 14.1. The van der Waals surface area contributed by atoms with Gasteiger partial charge in [0.05, 0.1) is 12.3 Å². The van der Waals surface area contributed by atoms with Gasteiger partial charge in [-0.2, -0.15) is 13.2 Å². The summed E-state index contributed by atoms with van der Waals surface area (Å²) >= 11 is 5.84. The van der Waals surface area contributed by atoms with E-state index in [2.05, 4.69) is 5.16 Å². The smallest absolute Gasteiger partial charge is 0.380 e. The summed E-state index contributed by atoms with van der Waals surface area (Å²) in [5.41, 5.74) is -0.378. The van der Waals surface area contributed by atoms with Gasteiger partial charge in [-0.15, -0.1) is 0 Å². The van der Waals surface area contributed by atoms with Crippen molar-refractivity contribution in [3.8, 4) is 0 Å². The Bertz CT molecular complexity index is 834. The number of aryl methyl sites for hydroxylation is 1. The Morgan fingerprint density at radius 3 is 2.50 bits per heavy atom. The van der Waals surface area contributed by atoms with Crippen LogP contribution in [0.15, 0.2) is 47.6 Å². The molecule has 0 spiro atoms. The first kappa shape index (κ1) is 18.7. The standard InChI is InChI=1S/C19H17ClF3NO2/c1-12-7-13(11-25-2)9-15(8-12)18(19(21,22)23)10-17(24-26-18)14-3-5-16(20)6-4-14/h3-9H,10-11H2,1-2H3. The lowest BCUT2D eigenvalue weighted by molar-refractivity contribution is -0.275. The first-order valence-corrected chi connectivity index (χ1v) is 8.31. The van der Waals surface area contributed by atoms with Crippen molar-refractivity contribution >= 4 is 17.3 Å². The zero-order chi connectivity index (χ0) is 18.9. The van der Waals surface area contributed by atoms with Crippen LogP contribution in [0.5, 0.6) is 0 Å². The van der Waals surface area contributed by atoms with Gasteiger partial charge in [0.25, 0.3) is 5.60 Å². The van der Waals surface area contributed by atoms with Gasteiger partial charge >= 0.3 is 6.18 Å². The van der Waals surface area contributed by atoms with Crippen LogP contribution >= 0.6 is 11.6 Å². The second kappa shape index (κ2) is 6.93. The zero-order valence-electron chi connectivity index (χ0n) is 14.2. The largest absolute Gasteiger partial charge is 0.435 e. The Kier molecular flexibility index (Phi) is 4.99. The molecule has 1 aliphatic rings. The molecule has 0 saturated carbocycles. The van der Waals surface area contributed by atoms with Crippen molar-refractivity contribution in [2.24, 2.45) is 5.16 Å². The summed E-state index contributed by atoms with van der Waals surface area (Å²) in [6.07, 6.45) is -5.04. The lowest BCUT2D eigenvalue weighted by Gasteiger charge is -2.30. The number of methoxy groups -OCH3 is 1. The molecule has 3 nitrogen and oxygen atoms in total. The molecular formula is C19H17ClF3NO2. The molecule has 0 aliphatic carbocycles. The monoisotopic (exact) mass is 383 g/mol. The first-order valence-electron chi connectivity index (χ1n) is 7.93. The van der Waals surface area contributed by atoms with Crippen LogP contribution in [-0.4, -0.2) is 19.0 Å². The normalized spacial score (nSPS) is 20.0. The van der Waals surface area contributed by atoms with Gasteiger partial charge in [-0.1, -0.05) is 46.6 Å². The quantitative estimate of drug-likeness (QED) is 0.710. The first-order chi connectivity index (χ1) is 12.2. The summed E-state index contributed by atoms with van der Waals surface area (Å²) < 4.78 is 47.2. The molecule has 2 aromatic rings. The number of ether oxygens (including phenoxy) is 1. The van der Waals surface area contributed by atoms with Crippen molar-refractivity contribution in [1.29, 1.82) is 0 Å². The van der Waals surface area contributed by atoms with Crippen molar-refractivity contribution in [3.05, 3.63) is 69.7 Å². The molecule has 0 fully saturated rings. The van der Waals surface area contributed by atoms with Gasteiger partial charge < -0.3 is 9.57 Å². The molecule has 138 valence electrons. The Morgan fingerprint density at radius 2 is 1.88 bits per heavy atom. The number of benzene rings is 2. The fourth-order valence-corrected chi connectivity index (χ4v) is 3.17. The third-order valence-corrected chi connectivity index (χ3v) is 4.53.